The summed E-state index contributed by atoms with van der Waals surface area (Å²) < 4.78 is 10.9. The molecule has 0 radical (unpaired) electrons. The van der Waals surface area contributed by atoms with Crippen LogP contribution < -0.4 is 9.47 Å². The van der Waals surface area contributed by atoms with Crippen LogP contribution in [0, 0.1) is 0 Å². The predicted octanol–water partition coefficient (Wildman–Crippen LogP) is 3.37. The number of oxime groups is 1. The standard InChI is InChI=1S/C21H26N2O3/c1-23(2)12-13-25-19-8-4-16(5-9-19)14-20-15-21(22-26-20)17-6-10-18(24-3)11-7-17/h4-11,20H,12-15H2,1-3H3. The van der Waals surface area contributed by atoms with Gasteiger partial charge in [-0.1, -0.05) is 17.3 Å². The highest BCUT2D eigenvalue weighted by molar-refractivity contribution is 6.01. The van der Waals surface area contributed by atoms with Gasteiger partial charge in [-0.05, 0) is 61.6 Å². The van der Waals surface area contributed by atoms with Gasteiger partial charge in [-0.2, -0.15) is 0 Å². The summed E-state index contributed by atoms with van der Waals surface area (Å²) in [6.45, 7) is 1.60. The molecule has 5 nitrogen and oxygen atoms in total. The third-order valence-electron chi connectivity index (χ3n) is 4.35. The number of likely N-dealkylation sites (N-methyl/N-ethyl adjacent to an activating group) is 1. The Labute approximate surface area is 155 Å². The minimum absolute atomic E-state index is 0.0765. The van der Waals surface area contributed by atoms with E-state index in [-0.39, 0.29) is 6.10 Å². The molecule has 2 aromatic rings. The predicted molar refractivity (Wildman–Crippen MR) is 103 cm³/mol. The molecule has 0 N–H and O–H groups in total. The smallest absolute Gasteiger partial charge is 0.137 e. The van der Waals surface area contributed by atoms with Gasteiger partial charge in [0.1, 0.15) is 24.2 Å². The van der Waals surface area contributed by atoms with Crippen LogP contribution in [0.25, 0.3) is 0 Å². The minimum Gasteiger partial charge on any atom is -0.497 e. The highest BCUT2D eigenvalue weighted by atomic mass is 16.6. The zero-order valence-corrected chi connectivity index (χ0v) is 15.6. The molecule has 0 saturated carbocycles. The summed E-state index contributed by atoms with van der Waals surface area (Å²) in [6.07, 6.45) is 1.72. The Hall–Kier alpha value is -2.53. The van der Waals surface area contributed by atoms with Crippen molar-refractivity contribution in [2.24, 2.45) is 5.16 Å². The van der Waals surface area contributed by atoms with Gasteiger partial charge in [-0.25, -0.2) is 0 Å². The molecule has 1 atom stereocenters. The summed E-state index contributed by atoms with van der Waals surface area (Å²) in [6, 6.07) is 16.2. The maximum absolute atomic E-state index is 5.73. The fourth-order valence-corrected chi connectivity index (χ4v) is 2.82. The molecule has 1 heterocycles. The number of ether oxygens (including phenoxy) is 2. The Balaban J connectivity index is 1.49. The summed E-state index contributed by atoms with van der Waals surface area (Å²) in [5, 5.41) is 4.26. The molecule has 5 heteroatoms. The van der Waals surface area contributed by atoms with Crippen LogP contribution in [0.15, 0.2) is 53.7 Å². The van der Waals surface area contributed by atoms with Gasteiger partial charge in [0.05, 0.1) is 12.8 Å². The quantitative estimate of drug-likeness (QED) is 0.729. The second-order valence-electron chi connectivity index (χ2n) is 6.70. The molecule has 26 heavy (non-hydrogen) atoms. The van der Waals surface area contributed by atoms with E-state index in [0.29, 0.717) is 6.61 Å². The van der Waals surface area contributed by atoms with Crippen molar-refractivity contribution in [1.82, 2.24) is 4.90 Å². The zero-order chi connectivity index (χ0) is 18.4. The van der Waals surface area contributed by atoms with Crippen molar-refractivity contribution in [2.75, 3.05) is 34.4 Å². The molecule has 0 fully saturated rings. The molecular formula is C21H26N2O3. The van der Waals surface area contributed by atoms with Crippen LogP contribution in [0.3, 0.4) is 0 Å². The molecule has 3 rings (SSSR count). The first-order chi connectivity index (χ1) is 12.6. The molecule has 2 aromatic carbocycles. The van der Waals surface area contributed by atoms with E-state index < -0.39 is 0 Å². The van der Waals surface area contributed by atoms with E-state index in [0.717, 1.165) is 42.2 Å². The van der Waals surface area contributed by atoms with Crippen molar-refractivity contribution >= 4 is 5.71 Å². The summed E-state index contributed by atoms with van der Waals surface area (Å²) in [5.74, 6) is 1.75. The number of hydrogen-bond donors (Lipinski definition) is 0. The van der Waals surface area contributed by atoms with Gasteiger partial charge < -0.3 is 19.2 Å². The Morgan fingerprint density at radius 1 is 1.04 bits per heavy atom. The van der Waals surface area contributed by atoms with E-state index in [1.54, 1.807) is 7.11 Å². The first-order valence-electron chi connectivity index (χ1n) is 8.87. The van der Waals surface area contributed by atoms with E-state index >= 15 is 0 Å². The van der Waals surface area contributed by atoms with Gasteiger partial charge in [-0.15, -0.1) is 0 Å². The summed E-state index contributed by atoms with van der Waals surface area (Å²) in [5.41, 5.74) is 3.29. The van der Waals surface area contributed by atoms with Crippen molar-refractivity contribution in [2.45, 2.75) is 18.9 Å². The maximum atomic E-state index is 5.73. The fraction of sp³-hybridized carbons (Fsp3) is 0.381. The second-order valence-corrected chi connectivity index (χ2v) is 6.70. The van der Waals surface area contributed by atoms with Gasteiger partial charge in [0.2, 0.25) is 0 Å². The van der Waals surface area contributed by atoms with Crippen LogP contribution in [-0.4, -0.2) is 51.1 Å². The van der Waals surface area contributed by atoms with Crippen LogP contribution in [0.5, 0.6) is 11.5 Å². The number of benzene rings is 2. The lowest BCUT2D eigenvalue weighted by atomic mass is 10.0. The topological polar surface area (TPSA) is 43.3 Å². The third kappa shape index (κ3) is 4.99. The highest BCUT2D eigenvalue weighted by Gasteiger charge is 2.22. The van der Waals surface area contributed by atoms with Gasteiger partial charge in [0.25, 0.3) is 0 Å². The van der Waals surface area contributed by atoms with Gasteiger partial charge in [0, 0.05) is 19.4 Å². The summed E-state index contributed by atoms with van der Waals surface area (Å²) in [4.78, 5) is 7.73. The largest absolute Gasteiger partial charge is 0.497 e. The SMILES string of the molecule is COc1ccc(C2=NOC(Cc3ccc(OCCN(C)C)cc3)C2)cc1. The monoisotopic (exact) mass is 354 g/mol. The third-order valence-corrected chi connectivity index (χ3v) is 4.35. The fourth-order valence-electron chi connectivity index (χ4n) is 2.82. The van der Waals surface area contributed by atoms with Crippen LogP contribution in [0.4, 0.5) is 0 Å². The van der Waals surface area contributed by atoms with E-state index in [1.807, 2.05) is 50.5 Å². The van der Waals surface area contributed by atoms with Gasteiger partial charge in [-0.3, -0.25) is 0 Å². The van der Waals surface area contributed by atoms with Crippen molar-refractivity contribution in [3.63, 3.8) is 0 Å². The van der Waals surface area contributed by atoms with Gasteiger partial charge >= 0.3 is 0 Å². The number of rotatable bonds is 8. The molecule has 0 spiro atoms. The number of hydrogen-bond acceptors (Lipinski definition) is 5. The molecule has 1 unspecified atom stereocenters. The summed E-state index contributed by atoms with van der Waals surface area (Å²) >= 11 is 0. The highest BCUT2D eigenvalue weighted by Crippen LogP contribution is 2.22. The van der Waals surface area contributed by atoms with E-state index in [2.05, 4.69) is 22.2 Å². The van der Waals surface area contributed by atoms with Crippen LogP contribution in [0.1, 0.15) is 17.5 Å². The average molecular weight is 354 g/mol. The lowest BCUT2D eigenvalue weighted by molar-refractivity contribution is 0.0859. The van der Waals surface area contributed by atoms with Crippen LogP contribution >= 0.6 is 0 Å². The van der Waals surface area contributed by atoms with Crippen molar-refractivity contribution in [3.8, 4) is 11.5 Å². The van der Waals surface area contributed by atoms with Crippen molar-refractivity contribution in [1.29, 1.82) is 0 Å². The van der Waals surface area contributed by atoms with Crippen molar-refractivity contribution < 1.29 is 14.3 Å². The van der Waals surface area contributed by atoms with Crippen LogP contribution in [0.2, 0.25) is 0 Å². The maximum Gasteiger partial charge on any atom is 0.137 e. The summed E-state index contributed by atoms with van der Waals surface area (Å²) in [7, 11) is 5.74. The molecule has 0 amide bonds. The minimum atomic E-state index is 0.0765. The first-order valence-corrected chi connectivity index (χ1v) is 8.87. The average Bonchev–Trinajstić information content (AvgIpc) is 3.11. The van der Waals surface area contributed by atoms with Crippen molar-refractivity contribution in [3.05, 3.63) is 59.7 Å². The zero-order valence-electron chi connectivity index (χ0n) is 15.6. The number of nitrogens with zero attached hydrogens (tertiary/aromatic N) is 2. The molecule has 1 aliphatic rings. The lowest BCUT2D eigenvalue weighted by Gasteiger charge is -2.12. The Morgan fingerprint density at radius 2 is 1.73 bits per heavy atom. The molecule has 138 valence electrons. The number of methoxy groups -OCH3 is 1. The van der Waals surface area contributed by atoms with E-state index in [4.69, 9.17) is 14.3 Å². The first kappa shape index (κ1) is 18.3. The molecule has 0 bridgehead atoms. The second kappa shape index (κ2) is 8.72. The molecule has 0 aromatic heterocycles. The Kier molecular flexibility index (Phi) is 6.12. The van der Waals surface area contributed by atoms with Gasteiger partial charge in [0.15, 0.2) is 0 Å². The molecule has 0 saturated heterocycles. The lowest BCUT2D eigenvalue weighted by Crippen LogP contribution is -2.19. The van der Waals surface area contributed by atoms with E-state index in [1.165, 1.54) is 5.56 Å². The molecular weight excluding hydrogens is 328 g/mol. The Bertz CT molecular complexity index is 724. The van der Waals surface area contributed by atoms with E-state index in [9.17, 15) is 0 Å². The Morgan fingerprint density at radius 3 is 2.38 bits per heavy atom. The molecule has 1 aliphatic heterocycles. The van der Waals surface area contributed by atoms with Crippen LogP contribution in [-0.2, 0) is 11.3 Å². The normalized spacial score (nSPS) is 16.3. The molecule has 0 aliphatic carbocycles.